The van der Waals surface area contributed by atoms with Crippen molar-refractivity contribution >= 4 is 35.0 Å². The van der Waals surface area contributed by atoms with Gasteiger partial charge in [0.15, 0.2) is 6.61 Å². The summed E-state index contributed by atoms with van der Waals surface area (Å²) in [5.41, 5.74) is 2.78. The van der Waals surface area contributed by atoms with Crippen LogP contribution < -0.4 is 10.1 Å². The van der Waals surface area contributed by atoms with Crippen molar-refractivity contribution in [3.8, 4) is 5.75 Å². The molecule has 2 aromatic rings. The Hall–Kier alpha value is -2.24. The van der Waals surface area contributed by atoms with Crippen LogP contribution in [-0.2, 0) is 16.1 Å². The Morgan fingerprint density at radius 3 is 2.43 bits per heavy atom. The third-order valence-corrected chi connectivity index (χ3v) is 5.36. The van der Waals surface area contributed by atoms with Gasteiger partial charge >= 0.3 is 0 Å². The average molecular weight is 451 g/mol. The van der Waals surface area contributed by atoms with Gasteiger partial charge in [-0.2, -0.15) is 0 Å². The maximum absolute atomic E-state index is 13.1. The van der Waals surface area contributed by atoms with Gasteiger partial charge in [-0.25, -0.2) is 0 Å². The molecule has 0 fully saturated rings. The third kappa shape index (κ3) is 6.38. The number of benzene rings is 2. The third-order valence-electron chi connectivity index (χ3n) is 4.77. The minimum absolute atomic E-state index is 0.176. The van der Waals surface area contributed by atoms with Crippen LogP contribution in [0.5, 0.6) is 5.75 Å². The fourth-order valence-corrected chi connectivity index (χ4v) is 3.70. The minimum atomic E-state index is -0.632. The van der Waals surface area contributed by atoms with Crippen molar-refractivity contribution in [2.24, 2.45) is 0 Å². The maximum Gasteiger partial charge on any atom is 0.261 e. The topological polar surface area (TPSA) is 58.6 Å². The lowest BCUT2D eigenvalue weighted by atomic mass is 10.1. The van der Waals surface area contributed by atoms with E-state index in [4.69, 9.17) is 27.9 Å². The van der Waals surface area contributed by atoms with Crippen LogP contribution >= 0.6 is 23.2 Å². The molecule has 0 aromatic heterocycles. The summed E-state index contributed by atoms with van der Waals surface area (Å²) in [5, 5.41) is 3.76. The highest BCUT2D eigenvalue weighted by Crippen LogP contribution is 2.24. The second-order valence-corrected chi connectivity index (χ2v) is 7.98. The van der Waals surface area contributed by atoms with Crippen molar-refractivity contribution in [2.45, 2.75) is 46.7 Å². The highest BCUT2D eigenvalue weighted by molar-refractivity contribution is 6.35. The molecule has 0 aliphatic heterocycles. The molecule has 0 saturated heterocycles. The first kappa shape index (κ1) is 24.0. The minimum Gasteiger partial charge on any atom is -0.483 e. The van der Waals surface area contributed by atoms with Crippen molar-refractivity contribution in [1.29, 1.82) is 0 Å². The molecule has 0 spiro atoms. The van der Waals surface area contributed by atoms with Crippen LogP contribution in [0.25, 0.3) is 0 Å². The molecule has 0 radical (unpaired) electrons. The van der Waals surface area contributed by atoms with Gasteiger partial charge in [0.05, 0.1) is 0 Å². The molecule has 1 unspecified atom stereocenters. The van der Waals surface area contributed by atoms with E-state index in [-0.39, 0.29) is 25.0 Å². The standard InChI is InChI=1S/C23H28Cl2N2O3/c1-5-20(23(29)26-6-2)27(13-17-8-9-18(24)12-19(17)25)22(28)14-30-21-10-7-15(3)11-16(21)4/h7-12,20H,5-6,13-14H2,1-4H3,(H,26,29). The molecule has 30 heavy (non-hydrogen) atoms. The Bertz CT molecular complexity index is 902. The van der Waals surface area contributed by atoms with E-state index >= 15 is 0 Å². The number of nitrogens with one attached hydrogen (secondary N) is 1. The van der Waals surface area contributed by atoms with Crippen LogP contribution in [0.1, 0.15) is 37.0 Å². The van der Waals surface area contributed by atoms with Crippen LogP contribution in [0.2, 0.25) is 10.0 Å². The first-order valence-electron chi connectivity index (χ1n) is 9.97. The number of halogens is 2. The smallest absolute Gasteiger partial charge is 0.261 e. The summed E-state index contributed by atoms with van der Waals surface area (Å²) >= 11 is 12.3. The predicted molar refractivity (Wildman–Crippen MR) is 121 cm³/mol. The Balaban J connectivity index is 2.26. The van der Waals surface area contributed by atoms with Crippen LogP contribution in [0.4, 0.5) is 0 Å². The highest BCUT2D eigenvalue weighted by atomic mass is 35.5. The van der Waals surface area contributed by atoms with E-state index in [2.05, 4.69) is 5.32 Å². The van der Waals surface area contributed by atoms with E-state index in [1.54, 1.807) is 18.2 Å². The van der Waals surface area contributed by atoms with Gasteiger partial charge in [-0.1, -0.05) is 53.9 Å². The summed E-state index contributed by atoms with van der Waals surface area (Å²) in [7, 11) is 0. The van der Waals surface area contributed by atoms with Gasteiger partial charge in [-0.3, -0.25) is 9.59 Å². The summed E-state index contributed by atoms with van der Waals surface area (Å²) in [5.74, 6) is 0.147. The fraction of sp³-hybridized carbons (Fsp3) is 0.391. The Kier molecular flexibility index (Phi) is 9.00. The summed E-state index contributed by atoms with van der Waals surface area (Å²) in [6, 6.07) is 10.2. The molecular weight excluding hydrogens is 423 g/mol. The molecular formula is C23H28Cl2N2O3. The molecule has 2 rings (SSSR count). The van der Waals surface area contributed by atoms with E-state index < -0.39 is 6.04 Å². The zero-order valence-corrected chi connectivity index (χ0v) is 19.3. The number of hydrogen-bond acceptors (Lipinski definition) is 3. The number of hydrogen-bond donors (Lipinski definition) is 1. The van der Waals surface area contributed by atoms with Crippen LogP contribution in [-0.4, -0.2) is 35.9 Å². The number of ether oxygens (including phenoxy) is 1. The first-order chi connectivity index (χ1) is 14.3. The Morgan fingerprint density at radius 1 is 1.10 bits per heavy atom. The molecule has 0 heterocycles. The normalized spacial score (nSPS) is 11.7. The Labute approximate surface area is 188 Å². The summed E-state index contributed by atoms with van der Waals surface area (Å²) in [6.45, 7) is 8.13. The molecule has 5 nitrogen and oxygen atoms in total. The predicted octanol–water partition coefficient (Wildman–Crippen LogP) is 4.93. The summed E-state index contributed by atoms with van der Waals surface area (Å²) in [6.07, 6.45) is 0.465. The molecule has 0 aliphatic rings. The van der Waals surface area contributed by atoms with Crippen molar-refractivity contribution in [3.05, 3.63) is 63.1 Å². The highest BCUT2D eigenvalue weighted by Gasteiger charge is 2.29. The number of nitrogens with zero attached hydrogens (tertiary/aromatic N) is 1. The molecule has 1 N–H and O–H groups in total. The lowest BCUT2D eigenvalue weighted by Crippen LogP contribution is -2.50. The van der Waals surface area contributed by atoms with E-state index in [9.17, 15) is 9.59 Å². The van der Waals surface area contributed by atoms with E-state index in [0.29, 0.717) is 34.3 Å². The molecule has 2 aromatic carbocycles. The summed E-state index contributed by atoms with van der Waals surface area (Å²) < 4.78 is 5.78. The van der Waals surface area contributed by atoms with Gasteiger partial charge < -0.3 is 15.0 Å². The van der Waals surface area contributed by atoms with Crippen molar-refractivity contribution in [3.63, 3.8) is 0 Å². The monoisotopic (exact) mass is 450 g/mol. The van der Waals surface area contributed by atoms with Crippen molar-refractivity contribution < 1.29 is 14.3 Å². The molecule has 1 atom stereocenters. The molecule has 0 bridgehead atoms. The van der Waals surface area contributed by atoms with Gasteiger partial charge in [-0.15, -0.1) is 0 Å². The van der Waals surface area contributed by atoms with Gasteiger partial charge in [-0.05, 0) is 56.5 Å². The SMILES string of the molecule is CCNC(=O)C(CC)N(Cc1ccc(Cl)cc1Cl)C(=O)COc1ccc(C)cc1C. The van der Waals surface area contributed by atoms with E-state index in [0.717, 1.165) is 11.1 Å². The molecule has 2 amide bonds. The maximum atomic E-state index is 13.1. The van der Waals surface area contributed by atoms with E-state index in [1.165, 1.54) is 4.90 Å². The zero-order valence-electron chi connectivity index (χ0n) is 17.8. The second-order valence-electron chi connectivity index (χ2n) is 7.13. The zero-order chi connectivity index (χ0) is 22.3. The fourth-order valence-electron chi connectivity index (χ4n) is 3.23. The quantitative estimate of drug-likeness (QED) is 0.588. The number of carbonyl (C=O) groups is 2. The van der Waals surface area contributed by atoms with Crippen LogP contribution in [0.15, 0.2) is 36.4 Å². The van der Waals surface area contributed by atoms with Crippen molar-refractivity contribution in [1.82, 2.24) is 10.2 Å². The van der Waals surface area contributed by atoms with Crippen LogP contribution in [0, 0.1) is 13.8 Å². The molecule has 0 saturated carbocycles. The van der Waals surface area contributed by atoms with Gasteiger partial charge in [0.2, 0.25) is 5.91 Å². The number of aryl methyl sites for hydroxylation is 2. The molecule has 162 valence electrons. The lowest BCUT2D eigenvalue weighted by Gasteiger charge is -2.30. The Morgan fingerprint density at radius 2 is 1.83 bits per heavy atom. The van der Waals surface area contributed by atoms with E-state index in [1.807, 2.05) is 45.9 Å². The van der Waals surface area contributed by atoms with Crippen LogP contribution in [0.3, 0.4) is 0 Å². The number of likely N-dealkylation sites (N-methyl/N-ethyl adjacent to an activating group) is 1. The number of carbonyl (C=O) groups excluding carboxylic acids is 2. The van der Waals surface area contributed by atoms with Crippen molar-refractivity contribution in [2.75, 3.05) is 13.2 Å². The van der Waals surface area contributed by atoms with Gasteiger partial charge in [0.25, 0.3) is 5.91 Å². The number of amides is 2. The van der Waals surface area contributed by atoms with Gasteiger partial charge in [0, 0.05) is 23.1 Å². The lowest BCUT2D eigenvalue weighted by molar-refractivity contribution is -0.142. The average Bonchev–Trinajstić information content (AvgIpc) is 2.68. The molecule has 0 aliphatic carbocycles. The molecule has 7 heteroatoms. The largest absolute Gasteiger partial charge is 0.483 e. The number of rotatable bonds is 9. The second kappa shape index (κ2) is 11.2. The van der Waals surface area contributed by atoms with Gasteiger partial charge in [0.1, 0.15) is 11.8 Å². The first-order valence-corrected chi connectivity index (χ1v) is 10.7. The summed E-state index contributed by atoms with van der Waals surface area (Å²) in [4.78, 5) is 27.3.